The van der Waals surface area contributed by atoms with E-state index in [-0.39, 0.29) is 5.76 Å². The zero-order valence-corrected chi connectivity index (χ0v) is 14.2. The lowest BCUT2D eigenvalue weighted by Gasteiger charge is -2.02. The van der Waals surface area contributed by atoms with Gasteiger partial charge in [0.25, 0.3) is 0 Å². The molecule has 0 radical (unpaired) electrons. The molecule has 2 N–H and O–H groups in total. The van der Waals surface area contributed by atoms with Gasteiger partial charge in [0, 0.05) is 11.1 Å². The molecule has 0 saturated carbocycles. The van der Waals surface area contributed by atoms with E-state index >= 15 is 0 Å². The lowest BCUT2D eigenvalue weighted by atomic mass is 10.1. The average molecular weight is 389 g/mol. The lowest BCUT2D eigenvalue weighted by molar-refractivity contribution is 0.0926. The number of ether oxygens (including phenoxy) is 1. The predicted molar refractivity (Wildman–Crippen MR) is 92.0 cm³/mol. The van der Waals surface area contributed by atoms with Crippen molar-refractivity contribution >= 4 is 28.1 Å². The van der Waals surface area contributed by atoms with E-state index in [1.54, 1.807) is 25.4 Å². The van der Waals surface area contributed by atoms with Crippen molar-refractivity contribution in [2.24, 2.45) is 5.10 Å². The normalized spacial score (nSPS) is 10.9. The number of methoxy groups -OCH3 is 1. The maximum absolute atomic E-state index is 11.8. The third-order valence-corrected chi connectivity index (χ3v) is 3.64. The van der Waals surface area contributed by atoms with Gasteiger partial charge in [-0.25, -0.2) is 5.43 Å². The summed E-state index contributed by atoms with van der Waals surface area (Å²) >= 11 is 3.14. The van der Waals surface area contributed by atoms with Crippen LogP contribution in [0.2, 0.25) is 0 Å². The number of amides is 1. The number of halogens is 1. The number of nitrogens with zero attached hydrogens (tertiary/aromatic N) is 2. The van der Waals surface area contributed by atoms with Crippen molar-refractivity contribution in [1.29, 1.82) is 0 Å². The Labute approximate surface area is 145 Å². The summed E-state index contributed by atoms with van der Waals surface area (Å²) in [5, 5.41) is 10.9. The van der Waals surface area contributed by atoms with Crippen LogP contribution in [0.1, 0.15) is 16.1 Å². The zero-order valence-electron chi connectivity index (χ0n) is 12.6. The summed E-state index contributed by atoms with van der Waals surface area (Å²) in [6.07, 6.45) is 3.14. The maximum Gasteiger partial charge on any atom is 0.307 e. The number of benzene rings is 1. The molecular weight excluding hydrogens is 376 g/mol. The van der Waals surface area contributed by atoms with Crippen molar-refractivity contribution < 1.29 is 13.9 Å². The minimum Gasteiger partial charge on any atom is -0.497 e. The molecule has 7 nitrogen and oxygen atoms in total. The summed E-state index contributed by atoms with van der Waals surface area (Å²) < 4.78 is 10.8. The number of carbonyl (C=O) groups is 1. The van der Waals surface area contributed by atoms with E-state index in [0.29, 0.717) is 4.67 Å². The van der Waals surface area contributed by atoms with E-state index in [9.17, 15) is 4.79 Å². The van der Waals surface area contributed by atoms with Crippen molar-refractivity contribution in [2.45, 2.75) is 0 Å². The summed E-state index contributed by atoms with van der Waals surface area (Å²) in [7, 11) is 1.61. The molecule has 1 amide bonds. The van der Waals surface area contributed by atoms with E-state index in [2.05, 4.69) is 36.7 Å². The first-order chi connectivity index (χ1) is 11.7. The monoisotopic (exact) mass is 388 g/mol. The molecule has 0 atom stereocenters. The first kappa shape index (κ1) is 16.0. The second kappa shape index (κ2) is 7.14. The van der Waals surface area contributed by atoms with Crippen molar-refractivity contribution in [1.82, 2.24) is 15.6 Å². The fraction of sp³-hybridized carbons (Fsp3) is 0.0625. The Balaban J connectivity index is 1.71. The van der Waals surface area contributed by atoms with Crippen LogP contribution >= 0.6 is 15.9 Å². The molecule has 24 heavy (non-hydrogen) atoms. The molecule has 0 unspecified atom stereocenters. The fourth-order valence-corrected chi connectivity index (χ4v) is 2.34. The molecule has 1 aromatic carbocycles. The summed E-state index contributed by atoms with van der Waals surface area (Å²) in [5.74, 6) is 0.499. The van der Waals surface area contributed by atoms with E-state index in [1.165, 1.54) is 6.21 Å². The second-order valence-corrected chi connectivity index (χ2v) is 5.51. The quantitative estimate of drug-likeness (QED) is 0.518. The number of hydrazone groups is 1. The Kier molecular flexibility index (Phi) is 4.76. The molecular formula is C16H13BrN4O3. The van der Waals surface area contributed by atoms with E-state index in [1.807, 2.05) is 24.3 Å². The first-order valence-corrected chi connectivity index (χ1v) is 7.73. The Hall–Kier alpha value is -2.87. The molecule has 2 heterocycles. The highest BCUT2D eigenvalue weighted by atomic mass is 79.9. The van der Waals surface area contributed by atoms with Crippen molar-refractivity contribution in [3.63, 3.8) is 0 Å². The predicted octanol–water partition coefficient (Wildman–Crippen LogP) is 3.20. The standard InChI is InChI=1S/C16H13BrN4O3/c1-23-12-4-2-10(3-5-12)15-11(8-18-20-15)9-19-21-16(22)13-6-7-14(17)24-13/h2-9H,1H3,(H,18,20)(H,21,22)/b19-9-. The van der Waals surface area contributed by atoms with Gasteiger partial charge in [-0.05, 0) is 52.3 Å². The zero-order chi connectivity index (χ0) is 16.9. The average Bonchev–Trinajstić information content (AvgIpc) is 3.24. The molecule has 0 aliphatic heterocycles. The number of hydrogen-bond donors (Lipinski definition) is 2. The van der Waals surface area contributed by atoms with Gasteiger partial charge in [-0.1, -0.05) is 0 Å². The fourth-order valence-electron chi connectivity index (χ4n) is 2.03. The van der Waals surface area contributed by atoms with Gasteiger partial charge in [0.15, 0.2) is 10.4 Å². The van der Waals surface area contributed by atoms with E-state index in [0.717, 1.165) is 22.6 Å². The summed E-state index contributed by atoms with van der Waals surface area (Å²) in [5.41, 5.74) is 4.85. The van der Waals surface area contributed by atoms with Crippen LogP contribution in [-0.2, 0) is 0 Å². The Morgan fingerprint density at radius 2 is 2.12 bits per heavy atom. The van der Waals surface area contributed by atoms with Gasteiger partial charge in [0.05, 0.1) is 25.2 Å². The van der Waals surface area contributed by atoms with E-state index in [4.69, 9.17) is 9.15 Å². The Morgan fingerprint density at radius 1 is 1.33 bits per heavy atom. The third-order valence-electron chi connectivity index (χ3n) is 3.21. The molecule has 3 rings (SSSR count). The van der Waals surface area contributed by atoms with Crippen molar-refractivity contribution in [3.05, 3.63) is 58.6 Å². The molecule has 0 saturated heterocycles. The van der Waals surface area contributed by atoms with Crippen LogP contribution < -0.4 is 10.2 Å². The second-order valence-electron chi connectivity index (χ2n) is 4.73. The number of aromatic amines is 1. The minimum absolute atomic E-state index is 0.168. The number of furan rings is 1. The summed E-state index contributed by atoms with van der Waals surface area (Å²) in [4.78, 5) is 11.8. The lowest BCUT2D eigenvalue weighted by Crippen LogP contribution is -2.16. The number of carbonyl (C=O) groups excluding carboxylic acids is 1. The van der Waals surface area contributed by atoms with Crippen LogP contribution in [0.3, 0.4) is 0 Å². The third kappa shape index (κ3) is 3.54. The molecule has 122 valence electrons. The van der Waals surface area contributed by atoms with Crippen molar-refractivity contribution in [2.75, 3.05) is 7.11 Å². The maximum atomic E-state index is 11.8. The van der Waals surface area contributed by atoms with Gasteiger partial charge in [-0.2, -0.15) is 10.2 Å². The molecule has 2 aromatic heterocycles. The minimum atomic E-state index is -0.438. The van der Waals surface area contributed by atoms with E-state index < -0.39 is 5.91 Å². The molecule has 0 fully saturated rings. The van der Waals surface area contributed by atoms with Crippen LogP contribution in [0.25, 0.3) is 11.3 Å². The highest BCUT2D eigenvalue weighted by molar-refractivity contribution is 9.10. The number of aromatic nitrogens is 2. The number of hydrogen-bond acceptors (Lipinski definition) is 5. The van der Waals surface area contributed by atoms with Crippen LogP contribution in [0.4, 0.5) is 0 Å². The van der Waals surface area contributed by atoms with Gasteiger partial charge in [-0.3, -0.25) is 9.89 Å². The van der Waals surface area contributed by atoms with Crippen LogP contribution in [-0.4, -0.2) is 29.4 Å². The smallest absolute Gasteiger partial charge is 0.307 e. The molecule has 0 aliphatic rings. The van der Waals surface area contributed by atoms with Gasteiger partial charge in [-0.15, -0.1) is 0 Å². The summed E-state index contributed by atoms with van der Waals surface area (Å²) in [6.45, 7) is 0. The van der Waals surface area contributed by atoms with Crippen LogP contribution in [0, 0.1) is 0 Å². The molecule has 0 aliphatic carbocycles. The van der Waals surface area contributed by atoms with Crippen LogP contribution in [0.5, 0.6) is 5.75 Å². The first-order valence-electron chi connectivity index (χ1n) is 6.94. The van der Waals surface area contributed by atoms with Crippen LogP contribution in [0.15, 0.2) is 56.8 Å². The molecule has 0 spiro atoms. The highest BCUT2D eigenvalue weighted by Gasteiger charge is 2.10. The molecule has 8 heteroatoms. The topological polar surface area (TPSA) is 92.5 Å². The van der Waals surface area contributed by atoms with Gasteiger partial charge in [0.2, 0.25) is 0 Å². The molecule has 0 bridgehead atoms. The Morgan fingerprint density at radius 3 is 2.79 bits per heavy atom. The van der Waals surface area contributed by atoms with Crippen molar-refractivity contribution in [3.8, 4) is 17.0 Å². The highest BCUT2D eigenvalue weighted by Crippen LogP contribution is 2.22. The number of rotatable bonds is 5. The van der Waals surface area contributed by atoms with Gasteiger partial charge >= 0.3 is 5.91 Å². The Bertz CT molecular complexity index is 868. The number of H-pyrrole nitrogens is 1. The van der Waals surface area contributed by atoms with Gasteiger partial charge in [0.1, 0.15) is 5.75 Å². The van der Waals surface area contributed by atoms with Gasteiger partial charge < -0.3 is 9.15 Å². The molecule has 3 aromatic rings. The summed E-state index contributed by atoms with van der Waals surface area (Å²) in [6, 6.07) is 10.7. The largest absolute Gasteiger partial charge is 0.497 e. The number of nitrogens with one attached hydrogen (secondary N) is 2. The SMILES string of the molecule is COc1ccc(-c2[nH]ncc2/C=N\NC(=O)c2ccc(Br)o2)cc1.